The molecule has 2 amide bonds. The van der Waals surface area contributed by atoms with Gasteiger partial charge in [-0.3, -0.25) is 14.3 Å². The molecule has 8 heteroatoms. The van der Waals surface area contributed by atoms with Crippen molar-refractivity contribution in [2.75, 3.05) is 11.9 Å². The van der Waals surface area contributed by atoms with E-state index >= 15 is 0 Å². The van der Waals surface area contributed by atoms with Crippen LogP contribution in [0.25, 0.3) is 0 Å². The lowest BCUT2D eigenvalue weighted by molar-refractivity contribution is -0.115. The monoisotopic (exact) mass is 478 g/mol. The molecule has 3 aliphatic carbocycles. The molecule has 0 unspecified atom stereocenters. The second-order valence-electron chi connectivity index (χ2n) is 8.73. The van der Waals surface area contributed by atoms with Gasteiger partial charge in [-0.15, -0.1) is 0 Å². The van der Waals surface area contributed by atoms with Gasteiger partial charge in [0.2, 0.25) is 5.91 Å². The molecule has 6 rings (SSSR count). The zero-order valence-corrected chi connectivity index (χ0v) is 19.7. The summed E-state index contributed by atoms with van der Waals surface area (Å²) in [7, 11) is 0. The molecule has 0 radical (unpaired) electrons. The van der Waals surface area contributed by atoms with Gasteiger partial charge in [-0.2, -0.15) is 0 Å². The van der Waals surface area contributed by atoms with E-state index in [1.165, 1.54) is 30.9 Å². The number of hydrogen-bond acceptors (Lipinski definition) is 5. The number of aromatic nitrogens is 1. The molecule has 0 spiro atoms. The number of benzene rings is 2. The molecular formula is C26H27FN4O2S. The molecule has 3 fully saturated rings. The summed E-state index contributed by atoms with van der Waals surface area (Å²) in [6.45, 7) is 1.89. The molecule has 2 aromatic carbocycles. The summed E-state index contributed by atoms with van der Waals surface area (Å²) in [6.07, 6.45) is 4.81. The quantitative estimate of drug-likeness (QED) is 0.428. The first kappa shape index (κ1) is 23.9. The predicted molar refractivity (Wildman–Crippen MR) is 132 cm³/mol. The van der Waals surface area contributed by atoms with Gasteiger partial charge in [0.15, 0.2) is 0 Å². The van der Waals surface area contributed by atoms with Gasteiger partial charge in [0.05, 0.1) is 12.7 Å². The van der Waals surface area contributed by atoms with Crippen LogP contribution in [-0.4, -0.2) is 28.9 Å². The van der Waals surface area contributed by atoms with Gasteiger partial charge >= 0.3 is 0 Å². The minimum absolute atomic E-state index is 0.0572. The molecule has 3 aliphatic rings. The first-order valence-corrected chi connectivity index (χ1v) is 12.0. The van der Waals surface area contributed by atoms with Gasteiger partial charge in [0.25, 0.3) is 5.91 Å². The smallest absolute Gasteiger partial charge is 0.270 e. The van der Waals surface area contributed by atoms with Crippen molar-refractivity contribution in [2.24, 2.45) is 5.92 Å². The summed E-state index contributed by atoms with van der Waals surface area (Å²) < 4.78 is 16.3. The Kier molecular flexibility index (Phi) is 7.59. The number of aryl methyl sites for hydroxylation is 1. The van der Waals surface area contributed by atoms with Gasteiger partial charge in [-0.25, -0.2) is 9.37 Å². The van der Waals surface area contributed by atoms with Crippen LogP contribution in [0.2, 0.25) is 0 Å². The topological polar surface area (TPSA) is 83.1 Å². The fraction of sp³-hybridized carbons (Fsp3) is 0.269. The third-order valence-electron chi connectivity index (χ3n) is 5.87. The molecule has 3 N–H and O–H groups in total. The summed E-state index contributed by atoms with van der Waals surface area (Å²) in [5.74, 6) is -0.463. The zero-order valence-electron chi connectivity index (χ0n) is 18.9. The molecule has 0 atom stereocenters. The lowest BCUT2D eigenvalue weighted by atomic mass is 9.50. The minimum atomic E-state index is -0.531. The van der Waals surface area contributed by atoms with Crippen LogP contribution in [0.15, 0.2) is 77.8 Å². The fourth-order valence-corrected chi connectivity index (χ4v) is 4.73. The normalized spacial score (nSPS) is 19.5. The van der Waals surface area contributed by atoms with Crippen LogP contribution < -0.4 is 15.4 Å². The van der Waals surface area contributed by atoms with E-state index in [4.69, 9.17) is 0 Å². The van der Waals surface area contributed by atoms with Crippen molar-refractivity contribution in [3.63, 3.8) is 0 Å². The third-order valence-corrected chi connectivity index (χ3v) is 6.91. The summed E-state index contributed by atoms with van der Waals surface area (Å²) in [5, 5.41) is 5.18. The molecule has 0 saturated heterocycles. The van der Waals surface area contributed by atoms with Gasteiger partial charge < -0.3 is 10.6 Å². The maximum atomic E-state index is 12.8. The number of carbonyl (C=O) groups is 2. The van der Waals surface area contributed by atoms with E-state index in [2.05, 4.69) is 39.4 Å². The Morgan fingerprint density at radius 1 is 1.03 bits per heavy atom. The van der Waals surface area contributed by atoms with Gasteiger partial charge in [0, 0.05) is 16.1 Å². The fourth-order valence-electron chi connectivity index (χ4n) is 3.88. The summed E-state index contributed by atoms with van der Waals surface area (Å²) in [5.41, 5.74) is 2.40. The van der Waals surface area contributed by atoms with Crippen molar-refractivity contribution >= 4 is 29.4 Å². The van der Waals surface area contributed by atoms with Crippen molar-refractivity contribution in [3.05, 3.63) is 90.0 Å². The number of rotatable bonds is 7. The van der Waals surface area contributed by atoms with Crippen LogP contribution in [-0.2, 0) is 4.79 Å². The maximum absolute atomic E-state index is 12.8. The first-order chi connectivity index (χ1) is 16.4. The van der Waals surface area contributed by atoms with E-state index < -0.39 is 11.7 Å². The summed E-state index contributed by atoms with van der Waals surface area (Å²) in [6, 6.07) is 20.2. The molecule has 6 nitrogen and oxygen atoms in total. The Balaban J connectivity index is 0.000000336. The van der Waals surface area contributed by atoms with E-state index in [1.54, 1.807) is 11.9 Å². The molecule has 3 aromatic rings. The number of carbonyl (C=O) groups excluding carboxylic acids is 2. The standard InChI is InChI=1S/C19H19FN4O2S.C7H8/c20-13-1-6-16(21-10-13)18(26)22-11-17(25)23-14-2-4-15(5-3-14)27-24-19-7-12(8-19)9-19;1-7-5-3-2-4-6-7/h1-6,10,12,24H,7-9,11H2,(H,22,26)(H,23,25);2-6H,1H3. The second kappa shape index (κ2) is 10.8. The number of pyridine rings is 1. The molecule has 176 valence electrons. The van der Waals surface area contributed by atoms with Crippen molar-refractivity contribution in [1.29, 1.82) is 0 Å². The second-order valence-corrected chi connectivity index (χ2v) is 9.61. The highest BCUT2D eigenvalue weighted by Gasteiger charge is 2.56. The highest BCUT2D eigenvalue weighted by molar-refractivity contribution is 7.97. The van der Waals surface area contributed by atoms with Crippen molar-refractivity contribution in [2.45, 2.75) is 36.6 Å². The van der Waals surface area contributed by atoms with E-state index in [1.807, 2.05) is 42.5 Å². The summed E-state index contributed by atoms with van der Waals surface area (Å²) in [4.78, 5) is 28.6. The Hall–Kier alpha value is -3.23. The molecule has 0 aliphatic heterocycles. The van der Waals surface area contributed by atoms with Crippen LogP contribution in [0, 0.1) is 18.7 Å². The molecular weight excluding hydrogens is 451 g/mol. The van der Waals surface area contributed by atoms with Crippen LogP contribution in [0.1, 0.15) is 35.3 Å². The van der Waals surface area contributed by atoms with Crippen LogP contribution >= 0.6 is 11.9 Å². The maximum Gasteiger partial charge on any atom is 0.270 e. The number of amides is 2. The molecule has 2 bridgehead atoms. The SMILES string of the molecule is Cc1ccccc1.O=C(CNC(=O)c1ccc(F)cn1)Nc1ccc(SNC23CC(C2)C3)cc1. The number of nitrogens with one attached hydrogen (secondary N) is 3. The van der Waals surface area contributed by atoms with Crippen LogP contribution in [0.5, 0.6) is 0 Å². The number of halogens is 1. The molecule has 1 aromatic heterocycles. The highest BCUT2D eigenvalue weighted by Crippen LogP contribution is 2.57. The first-order valence-electron chi connectivity index (χ1n) is 11.2. The Bertz CT molecular complexity index is 1110. The van der Waals surface area contributed by atoms with Crippen molar-refractivity contribution < 1.29 is 14.0 Å². The van der Waals surface area contributed by atoms with E-state index in [9.17, 15) is 14.0 Å². The van der Waals surface area contributed by atoms with Crippen molar-refractivity contribution in [3.8, 4) is 0 Å². The average Bonchev–Trinajstić information content (AvgIpc) is 2.78. The Morgan fingerprint density at radius 3 is 2.26 bits per heavy atom. The summed E-state index contributed by atoms with van der Waals surface area (Å²) >= 11 is 1.63. The lowest BCUT2D eigenvalue weighted by Gasteiger charge is -2.61. The molecule has 34 heavy (non-hydrogen) atoms. The number of anilines is 1. The Morgan fingerprint density at radius 2 is 1.74 bits per heavy atom. The van der Waals surface area contributed by atoms with Gasteiger partial charge in [-0.1, -0.05) is 35.9 Å². The van der Waals surface area contributed by atoms with E-state index in [0.29, 0.717) is 11.2 Å². The highest BCUT2D eigenvalue weighted by atomic mass is 32.2. The van der Waals surface area contributed by atoms with Crippen molar-refractivity contribution in [1.82, 2.24) is 15.0 Å². The lowest BCUT2D eigenvalue weighted by Crippen LogP contribution is -2.64. The average molecular weight is 479 g/mol. The molecule has 3 saturated carbocycles. The number of nitrogens with zero attached hydrogens (tertiary/aromatic N) is 1. The van der Waals surface area contributed by atoms with E-state index in [0.717, 1.165) is 23.1 Å². The zero-order chi connectivity index (χ0) is 24.0. The van der Waals surface area contributed by atoms with Gasteiger partial charge in [-0.05, 0) is 80.5 Å². The third kappa shape index (κ3) is 6.42. The predicted octanol–water partition coefficient (Wildman–Crippen LogP) is 4.73. The van der Waals surface area contributed by atoms with Crippen LogP contribution in [0.4, 0.5) is 10.1 Å². The van der Waals surface area contributed by atoms with Gasteiger partial charge in [0.1, 0.15) is 11.5 Å². The largest absolute Gasteiger partial charge is 0.342 e. The minimum Gasteiger partial charge on any atom is -0.342 e. The Labute approximate surface area is 202 Å². The number of hydrogen-bond donors (Lipinski definition) is 3. The van der Waals surface area contributed by atoms with Crippen LogP contribution in [0.3, 0.4) is 0 Å². The van der Waals surface area contributed by atoms with E-state index in [-0.39, 0.29) is 18.1 Å². The molecule has 1 heterocycles.